The van der Waals surface area contributed by atoms with Crippen LogP contribution in [0.4, 0.5) is 0 Å². The number of benzene rings is 1. The summed E-state index contributed by atoms with van der Waals surface area (Å²) < 4.78 is 28.7. The quantitative estimate of drug-likeness (QED) is 0.477. The Morgan fingerprint density at radius 3 is 2.55 bits per heavy atom. The van der Waals surface area contributed by atoms with Crippen molar-refractivity contribution >= 4 is 39.0 Å². The molecule has 0 aliphatic carbocycles. The normalized spacial score (nSPS) is 16.4. The number of tetrazole rings is 1. The number of hydrogen-bond acceptors (Lipinski definition) is 8. The third-order valence-electron chi connectivity index (χ3n) is 4.95. The van der Waals surface area contributed by atoms with E-state index in [1.54, 1.807) is 51.3 Å². The van der Waals surface area contributed by atoms with Gasteiger partial charge < -0.3 is 4.90 Å². The van der Waals surface area contributed by atoms with Crippen molar-refractivity contribution in [2.75, 3.05) is 26.2 Å². The fraction of sp³-hybridized carbons (Fsp3) is 0.368. The third kappa shape index (κ3) is 4.97. The molecule has 31 heavy (non-hydrogen) atoms. The van der Waals surface area contributed by atoms with Crippen LogP contribution in [0.15, 0.2) is 57.9 Å². The molecule has 1 fully saturated rings. The van der Waals surface area contributed by atoms with Gasteiger partial charge in [-0.1, -0.05) is 36.0 Å². The second kappa shape index (κ2) is 9.47. The topological polar surface area (TPSA) is 101 Å². The first-order valence-electron chi connectivity index (χ1n) is 9.74. The lowest BCUT2D eigenvalue weighted by Gasteiger charge is -2.35. The second-order valence-corrected chi connectivity index (χ2v) is 11.3. The van der Waals surface area contributed by atoms with Gasteiger partial charge in [-0.25, -0.2) is 13.1 Å². The van der Waals surface area contributed by atoms with E-state index in [0.717, 1.165) is 4.88 Å². The minimum Gasteiger partial charge on any atom is -0.339 e. The van der Waals surface area contributed by atoms with Crippen LogP contribution in [-0.4, -0.2) is 75.2 Å². The van der Waals surface area contributed by atoms with Gasteiger partial charge in [0, 0.05) is 31.1 Å². The molecule has 164 valence electrons. The Kier molecular flexibility index (Phi) is 6.70. The predicted molar refractivity (Wildman–Crippen MR) is 118 cm³/mol. The number of hydrogen-bond donors (Lipinski definition) is 0. The van der Waals surface area contributed by atoms with Crippen molar-refractivity contribution in [1.82, 2.24) is 29.4 Å². The highest BCUT2D eigenvalue weighted by atomic mass is 32.2. The highest BCUT2D eigenvalue weighted by Gasteiger charge is 2.32. The van der Waals surface area contributed by atoms with Crippen molar-refractivity contribution in [3.05, 3.63) is 52.7 Å². The van der Waals surface area contributed by atoms with Crippen LogP contribution in [0, 0.1) is 0 Å². The van der Waals surface area contributed by atoms with Crippen LogP contribution in [0.1, 0.15) is 11.8 Å². The number of piperazine rings is 1. The number of thiophene rings is 1. The maximum atomic E-state index is 12.9. The molecule has 0 bridgehead atoms. The monoisotopic (exact) mass is 478 g/mol. The zero-order chi connectivity index (χ0) is 21.8. The molecule has 0 radical (unpaired) electrons. The average molecular weight is 479 g/mol. The SMILES string of the molecule is C[C@@H](Sc1nnnn1Cc1cccs1)C(=O)N1CCN(S(=O)(=O)c2ccccc2)CC1. The zero-order valence-corrected chi connectivity index (χ0v) is 19.3. The summed E-state index contributed by atoms with van der Waals surface area (Å²) in [4.78, 5) is 16.1. The molecular weight excluding hydrogens is 456 g/mol. The van der Waals surface area contributed by atoms with E-state index in [1.165, 1.54) is 16.1 Å². The molecule has 0 saturated carbocycles. The highest BCUT2D eigenvalue weighted by molar-refractivity contribution is 8.00. The van der Waals surface area contributed by atoms with Crippen molar-refractivity contribution in [2.45, 2.75) is 28.8 Å². The predicted octanol–water partition coefficient (Wildman–Crippen LogP) is 1.80. The fourth-order valence-electron chi connectivity index (χ4n) is 3.29. The van der Waals surface area contributed by atoms with Crippen molar-refractivity contribution < 1.29 is 13.2 Å². The van der Waals surface area contributed by atoms with Gasteiger partial charge in [0.1, 0.15) is 0 Å². The molecular formula is C19H22N6O3S3. The Labute approximate surface area is 189 Å². The van der Waals surface area contributed by atoms with Gasteiger partial charge in [-0.3, -0.25) is 4.79 Å². The minimum atomic E-state index is -3.54. The maximum Gasteiger partial charge on any atom is 0.243 e. The standard InChI is InChI=1S/C19H22N6O3S3/c1-15(30-19-20-21-22-25(19)14-16-6-5-13-29-16)18(26)23-9-11-24(12-10-23)31(27,28)17-7-3-2-4-8-17/h2-8,13,15H,9-12,14H2,1H3/t15-/m1/s1. The molecule has 1 aromatic carbocycles. The summed E-state index contributed by atoms with van der Waals surface area (Å²) in [5.41, 5.74) is 0. The molecule has 1 aliphatic rings. The molecule has 3 aromatic rings. The number of nitrogens with zero attached hydrogens (tertiary/aromatic N) is 6. The lowest BCUT2D eigenvalue weighted by Crippen LogP contribution is -2.52. The van der Waals surface area contributed by atoms with Crippen molar-refractivity contribution in [3.8, 4) is 0 Å². The van der Waals surface area contributed by atoms with Crippen LogP contribution in [-0.2, 0) is 21.4 Å². The van der Waals surface area contributed by atoms with Crippen LogP contribution >= 0.6 is 23.1 Å². The van der Waals surface area contributed by atoms with Gasteiger partial charge >= 0.3 is 0 Å². The van der Waals surface area contributed by atoms with E-state index >= 15 is 0 Å². The van der Waals surface area contributed by atoms with Crippen molar-refractivity contribution in [1.29, 1.82) is 0 Å². The molecule has 0 spiro atoms. The van der Waals surface area contributed by atoms with Gasteiger partial charge in [0.05, 0.1) is 16.7 Å². The number of amides is 1. The first kappa shape index (κ1) is 21.9. The molecule has 1 aliphatic heterocycles. The van der Waals surface area contributed by atoms with Crippen LogP contribution in [0.25, 0.3) is 0 Å². The summed E-state index contributed by atoms with van der Waals surface area (Å²) in [6.45, 7) is 3.65. The fourth-order valence-corrected chi connectivity index (χ4v) is 6.29. The number of thioether (sulfide) groups is 1. The number of sulfonamides is 1. The summed E-state index contributed by atoms with van der Waals surface area (Å²) in [7, 11) is -3.54. The molecule has 2 aromatic heterocycles. The van der Waals surface area contributed by atoms with Gasteiger partial charge in [0.2, 0.25) is 21.1 Å². The Morgan fingerprint density at radius 2 is 1.87 bits per heavy atom. The summed E-state index contributed by atoms with van der Waals surface area (Å²) in [5, 5.41) is 14.0. The summed E-state index contributed by atoms with van der Waals surface area (Å²) in [5.74, 6) is -0.0487. The molecule has 1 atom stereocenters. The average Bonchev–Trinajstić information content (AvgIpc) is 3.46. The molecule has 9 nitrogen and oxygen atoms in total. The van der Waals surface area contributed by atoms with E-state index in [-0.39, 0.29) is 29.1 Å². The van der Waals surface area contributed by atoms with Gasteiger partial charge in [0.25, 0.3) is 0 Å². The lowest BCUT2D eigenvalue weighted by atomic mass is 10.3. The first-order chi connectivity index (χ1) is 14.9. The number of aromatic nitrogens is 4. The third-order valence-corrected chi connectivity index (χ3v) is 8.78. The number of carbonyl (C=O) groups is 1. The van der Waals surface area contributed by atoms with E-state index < -0.39 is 10.0 Å². The lowest BCUT2D eigenvalue weighted by molar-refractivity contribution is -0.131. The summed E-state index contributed by atoms with van der Waals surface area (Å²) in [6.07, 6.45) is 0. The van der Waals surface area contributed by atoms with Crippen LogP contribution < -0.4 is 0 Å². The van der Waals surface area contributed by atoms with Crippen LogP contribution in [0.5, 0.6) is 0 Å². The molecule has 3 heterocycles. The Bertz CT molecular complexity index is 1110. The Morgan fingerprint density at radius 1 is 1.13 bits per heavy atom. The van der Waals surface area contributed by atoms with Crippen molar-refractivity contribution in [3.63, 3.8) is 0 Å². The van der Waals surface area contributed by atoms with Gasteiger partial charge in [-0.2, -0.15) is 4.31 Å². The van der Waals surface area contributed by atoms with E-state index in [0.29, 0.717) is 24.8 Å². The highest BCUT2D eigenvalue weighted by Crippen LogP contribution is 2.24. The van der Waals surface area contributed by atoms with E-state index in [1.807, 2.05) is 24.4 Å². The molecule has 4 rings (SSSR count). The van der Waals surface area contributed by atoms with Crippen molar-refractivity contribution in [2.24, 2.45) is 0 Å². The van der Waals surface area contributed by atoms with E-state index in [9.17, 15) is 13.2 Å². The maximum absolute atomic E-state index is 12.9. The van der Waals surface area contributed by atoms with Gasteiger partial charge in [-0.15, -0.1) is 16.4 Å². The summed E-state index contributed by atoms with van der Waals surface area (Å²) in [6, 6.07) is 12.4. The molecule has 12 heteroatoms. The Balaban J connectivity index is 1.34. The minimum absolute atomic E-state index is 0.0487. The molecule has 1 amide bonds. The molecule has 1 saturated heterocycles. The van der Waals surface area contributed by atoms with Gasteiger partial charge in [0.15, 0.2) is 0 Å². The van der Waals surface area contributed by atoms with Crippen LogP contribution in [0.2, 0.25) is 0 Å². The number of carbonyl (C=O) groups excluding carboxylic acids is 1. The molecule has 0 unspecified atom stereocenters. The van der Waals surface area contributed by atoms with E-state index in [4.69, 9.17) is 0 Å². The first-order valence-corrected chi connectivity index (χ1v) is 12.9. The van der Waals surface area contributed by atoms with Gasteiger partial charge in [-0.05, 0) is 40.9 Å². The number of rotatable bonds is 7. The molecule has 0 N–H and O–H groups in total. The smallest absolute Gasteiger partial charge is 0.243 e. The zero-order valence-electron chi connectivity index (χ0n) is 16.9. The van der Waals surface area contributed by atoms with Crippen LogP contribution in [0.3, 0.4) is 0 Å². The second-order valence-electron chi connectivity index (χ2n) is 7.00. The van der Waals surface area contributed by atoms with E-state index in [2.05, 4.69) is 15.5 Å². The Hall–Kier alpha value is -2.28. The summed E-state index contributed by atoms with van der Waals surface area (Å²) >= 11 is 2.94. The largest absolute Gasteiger partial charge is 0.339 e.